The Morgan fingerprint density at radius 3 is 2.75 bits per heavy atom. The zero-order chi connectivity index (χ0) is 23.0. The van der Waals surface area contributed by atoms with E-state index < -0.39 is 0 Å². The summed E-state index contributed by atoms with van der Waals surface area (Å²) in [6, 6.07) is 6.86. The van der Waals surface area contributed by atoms with Gasteiger partial charge in [0.2, 0.25) is 11.8 Å². The molecule has 0 spiro atoms. The van der Waals surface area contributed by atoms with E-state index in [4.69, 9.17) is 28.9 Å². The lowest BCUT2D eigenvalue weighted by Gasteiger charge is -2.14. The lowest BCUT2D eigenvalue weighted by atomic mass is 9.95. The molecule has 0 fully saturated rings. The summed E-state index contributed by atoms with van der Waals surface area (Å²) < 4.78 is 3.12. The van der Waals surface area contributed by atoms with E-state index in [1.807, 2.05) is 13.8 Å². The molecule has 1 aromatic carbocycles. The van der Waals surface area contributed by atoms with Crippen LogP contribution < -0.4 is 11.1 Å². The molecule has 0 aliphatic carbocycles. The fourth-order valence-electron chi connectivity index (χ4n) is 3.82. The van der Waals surface area contributed by atoms with Crippen molar-refractivity contribution >= 4 is 45.8 Å². The van der Waals surface area contributed by atoms with Crippen LogP contribution in [0.4, 0.5) is 5.82 Å². The monoisotopic (exact) mass is 472 g/mol. The molecular weight excluding hydrogens is 451 g/mol. The first-order chi connectivity index (χ1) is 15.3. The molecule has 0 saturated carbocycles. The van der Waals surface area contributed by atoms with Crippen molar-refractivity contribution in [2.45, 2.75) is 33.5 Å². The van der Waals surface area contributed by atoms with Crippen LogP contribution in [0.15, 0.2) is 36.7 Å². The number of aryl methyl sites for hydroxylation is 2. The molecule has 166 valence electrons. The molecule has 0 radical (unpaired) electrons. The van der Waals surface area contributed by atoms with Gasteiger partial charge in [0.05, 0.1) is 17.1 Å². The number of amides is 1. The number of nitrogens with zero attached hydrogens (tertiary/aromatic N) is 4. The number of nitrogens with two attached hydrogens (primary N) is 1. The summed E-state index contributed by atoms with van der Waals surface area (Å²) in [5.74, 6) is 0.182. The number of anilines is 1. The second-order valence-corrected chi connectivity index (χ2v) is 8.14. The molecule has 0 unspecified atom stereocenters. The molecule has 4 aromatic rings. The fourth-order valence-corrected chi connectivity index (χ4v) is 4.33. The molecule has 0 atom stereocenters. The predicted octanol–water partition coefficient (Wildman–Crippen LogP) is 4.34. The number of carbonyl (C=O) groups is 1. The van der Waals surface area contributed by atoms with Gasteiger partial charge in [-0.15, -0.1) is 0 Å². The van der Waals surface area contributed by atoms with E-state index in [0.29, 0.717) is 44.4 Å². The lowest BCUT2D eigenvalue weighted by Crippen LogP contribution is -2.20. The minimum absolute atomic E-state index is 0.0950. The molecule has 0 aliphatic rings. The summed E-state index contributed by atoms with van der Waals surface area (Å²) in [7, 11) is 0. The number of rotatable bonds is 6. The van der Waals surface area contributed by atoms with Crippen LogP contribution in [-0.4, -0.2) is 30.3 Å². The van der Waals surface area contributed by atoms with Crippen molar-refractivity contribution in [3.05, 3.63) is 58.0 Å². The third kappa shape index (κ3) is 3.92. The number of hydrogen-bond acceptors (Lipinski definition) is 5. The summed E-state index contributed by atoms with van der Waals surface area (Å²) in [4.78, 5) is 17.2. The van der Waals surface area contributed by atoms with Gasteiger partial charge >= 0.3 is 0 Å². The zero-order valence-corrected chi connectivity index (χ0v) is 19.1. The van der Waals surface area contributed by atoms with Crippen LogP contribution in [0.2, 0.25) is 10.0 Å². The van der Waals surface area contributed by atoms with Crippen molar-refractivity contribution in [3.63, 3.8) is 0 Å². The Bertz CT molecular complexity index is 1330. The topological polar surface area (TPSA) is 111 Å². The van der Waals surface area contributed by atoms with Gasteiger partial charge in [-0.25, -0.2) is 4.68 Å². The highest BCUT2D eigenvalue weighted by Crippen LogP contribution is 2.42. The number of hydrogen-bond donors (Lipinski definition) is 3. The Labute approximate surface area is 194 Å². The predicted molar refractivity (Wildman–Crippen MR) is 126 cm³/mol. The summed E-state index contributed by atoms with van der Waals surface area (Å²) in [6.07, 6.45) is 3.26. The van der Waals surface area contributed by atoms with Crippen LogP contribution in [-0.2, 0) is 24.4 Å². The largest absolute Gasteiger partial charge is 0.494 e. The standard InChI is InChI=1S/C22H22Cl2N6O2/c1-3-30-18(6-7-26-30)28-19(31)11-29-10-17-21(22(29)32)20(15(9-25)12(2)27-17)14-5-4-13(23)8-16(14)24/h4-8,10,32H,3,9,11,25H2,1-2H3,(H,28,31). The van der Waals surface area contributed by atoms with Gasteiger partial charge in [0, 0.05) is 52.2 Å². The fraction of sp³-hybridized carbons (Fsp3) is 0.227. The first kappa shape index (κ1) is 22.1. The molecule has 10 heteroatoms. The van der Waals surface area contributed by atoms with Crippen LogP contribution in [0.25, 0.3) is 22.0 Å². The number of carbonyl (C=O) groups excluding carboxylic acids is 1. The summed E-state index contributed by atoms with van der Waals surface area (Å²) in [6.45, 7) is 4.50. The summed E-state index contributed by atoms with van der Waals surface area (Å²) in [5.41, 5.74) is 9.39. The van der Waals surface area contributed by atoms with Crippen molar-refractivity contribution in [2.75, 3.05) is 5.32 Å². The summed E-state index contributed by atoms with van der Waals surface area (Å²) >= 11 is 12.6. The maximum Gasteiger partial charge on any atom is 0.245 e. The Morgan fingerprint density at radius 2 is 2.06 bits per heavy atom. The number of fused-ring (bicyclic) bond motifs is 1. The van der Waals surface area contributed by atoms with Crippen LogP contribution in [0.3, 0.4) is 0 Å². The Kier molecular flexibility index (Phi) is 6.10. The smallest absolute Gasteiger partial charge is 0.245 e. The van der Waals surface area contributed by atoms with Crippen LogP contribution in [0, 0.1) is 6.92 Å². The second-order valence-electron chi connectivity index (χ2n) is 7.30. The third-order valence-electron chi connectivity index (χ3n) is 5.31. The molecule has 4 rings (SSSR count). The van der Waals surface area contributed by atoms with E-state index in [0.717, 1.165) is 11.3 Å². The van der Waals surface area contributed by atoms with Gasteiger partial charge in [-0.05, 0) is 31.5 Å². The maximum absolute atomic E-state index is 12.7. The highest BCUT2D eigenvalue weighted by Gasteiger charge is 2.22. The third-order valence-corrected chi connectivity index (χ3v) is 5.86. The van der Waals surface area contributed by atoms with Gasteiger partial charge in [0.25, 0.3) is 0 Å². The average Bonchev–Trinajstić information content (AvgIpc) is 3.31. The number of benzene rings is 1. The molecule has 8 nitrogen and oxygen atoms in total. The molecule has 0 aliphatic heterocycles. The van der Waals surface area contributed by atoms with E-state index in [1.54, 1.807) is 41.3 Å². The van der Waals surface area contributed by atoms with E-state index >= 15 is 0 Å². The Hall–Kier alpha value is -3.07. The van der Waals surface area contributed by atoms with Gasteiger partial charge in [-0.2, -0.15) is 5.10 Å². The maximum atomic E-state index is 12.7. The van der Waals surface area contributed by atoms with Crippen LogP contribution >= 0.6 is 23.2 Å². The van der Waals surface area contributed by atoms with Gasteiger partial charge in [0.1, 0.15) is 12.4 Å². The average molecular weight is 473 g/mol. The van der Waals surface area contributed by atoms with E-state index in [9.17, 15) is 9.90 Å². The first-order valence-electron chi connectivity index (χ1n) is 10.0. The minimum atomic E-state index is -0.308. The molecule has 0 bridgehead atoms. The van der Waals surface area contributed by atoms with Crippen molar-refractivity contribution in [1.82, 2.24) is 19.3 Å². The van der Waals surface area contributed by atoms with Crippen LogP contribution in [0.5, 0.6) is 5.88 Å². The van der Waals surface area contributed by atoms with Crippen molar-refractivity contribution in [1.29, 1.82) is 0 Å². The molecule has 3 aromatic heterocycles. The number of aromatic hydroxyl groups is 1. The van der Waals surface area contributed by atoms with E-state index in [1.165, 1.54) is 4.57 Å². The molecule has 3 heterocycles. The van der Waals surface area contributed by atoms with Gasteiger partial charge in [0.15, 0.2) is 0 Å². The van der Waals surface area contributed by atoms with Gasteiger partial charge < -0.3 is 20.7 Å². The SMILES string of the molecule is CCn1nccc1NC(=O)Cn1cc2nc(C)c(CN)c(-c3ccc(Cl)cc3Cl)c2c1O. The molecule has 1 amide bonds. The molecule has 32 heavy (non-hydrogen) atoms. The van der Waals surface area contributed by atoms with Gasteiger partial charge in [-0.1, -0.05) is 29.3 Å². The van der Waals surface area contributed by atoms with Crippen LogP contribution in [0.1, 0.15) is 18.2 Å². The Morgan fingerprint density at radius 1 is 1.28 bits per heavy atom. The molecule has 4 N–H and O–H groups in total. The highest BCUT2D eigenvalue weighted by molar-refractivity contribution is 6.36. The number of halogens is 2. The second kappa shape index (κ2) is 8.82. The lowest BCUT2D eigenvalue weighted by molar-refractivity contribution is -0.116. The summed E-state index contributed by atoms with van der Waals surface area (Å²) in [5, 5.41) is 19.4. The van der Waals surface area contributed by atoms with Crippen molar-refractivity contribution in [2.24, 2.45) is 5.73 Å². The first-order valence-corrected chi connectivity index (χ1v) is 10.8. The number of nitrogens with one attached hydrogen (secondary N) is 1. The molecule has 0 saturated heterocycles. The van der Waals surface area contributed by atoms with Gasteiger partial charge in [-0.3, -0.25) is 9.78 Å². The van der Waals surface area contributed by atoms with Crippen molar-refractivity contribution < 1.29 is 9.90 Å². The van der Waals surface area contributed by atoms with E-state index in [-0.39, 0.29) is 24.9 Å². The quantitative estimate of drug-likeness (QED) is 0.386. The number of pyridine rings is 1. The minimum Gasteiger partial charge on any atom is -0.494 e. The normalized spacial score (nSPS) is 11.3. The zero-order valence-electron chi connectivity index (χ0n) is 17.6. The van der Waals surface area contributed by atoms with Crippen molar-refractivity contribution in [3.8, 4) is 17.0 Å². The van der Waals surface area contributed by atoms with E-state index in [2.05, 4.69) is 15.4 Å². The number of aromatic nitrogens is 4. The Balaban J connectivity index is 1.80. The highest BCUT2D eigenvalue weighted by atomic mass is 35.5. The molecular formula is C22H22Cl2N6O2.